The Balaban J connectivity index is 2.36. The molecule has 0 saturated heterocycles. The number of carbonyl (C=O) groups is 1. The van der Waals surface area contributed by atoms with Gasteiger partial charge in [0.1, 0.15) is 5.82 Å². The second-order valence-electron chi connectivity index (χ2n) is 2.84. The van der Waals surface area contributed by atoms with Gasteiger partial charge in [0.05, 0.1) is 0 Å². The van der Waals surface area contributed by atoms with Crippen molar-refractivity contribution in [1.82, 2.24) is 15.6 Å². The molecule has 0 aromatic carbocycles. The minimum Gasteiger partial charge on any atom is -0.334 e. The van der Waals surface area contributed by atoms with Crippen molar-refractivity contribution in [2.75, 3.05) is 11.9 Å². The van der Waals surface area contributed by atoms with Crippen LogP contribution in [-0.2, 0) is 0 Å². The van der Waals surface area contributed by atoms with Crippen molar-refractivity contribution >= 4 is 17.8 Å². The Morgan fingerprint density at radius 1 is 1.56 bits per heavy atom. The molecule has 4 N–H and O–H groups in total. The normalized spacial score (nSPS) is 9.00. The topological polar surface area (TPSA) is 89.9 Å². The zero-order valence-corrected chi connectivity index (χ0v) is 8.66. The van der Waals surface area contributed by atoms with E-state index in [2.05, 4.69) is 27.5 Å². The molecule has 16 heavy (non-hydrogen) atoms. The van der Waals surface area contributed by atoms with Crippen LogP contribution in [0.15, 0.2) is 37.1 Å². The molecular weight excluding hydrogens is 206 g/mol. The number of carbonyl (C=O) groups excluding carboxylic acids is 1. The smallest absolute Gasteiger partial charge is 0.321 e. The maximum Gasteiger partial charge on any atom is 0.321 e. The van der Waals surface area contributed by atoms with Gasteiger partial charge in [0.25, 0.3) is 0 Å². The number of rotatable bonds is 3. The van der Waals surface area contributed by atoms with E-state index in [-0.39, 0.29) is 5.96 Å². The van der Waals surface area contributed by atoms with Gasteiger partial charge in [-0.25, -0.2) is 9.78 Å². The van der Waals surface area contributed by atoms with Gasteiger partial charge in [0.2, 0.25) is 5.96 Å². The molecule has 0 aliphatic heterocycles. The summed E-state index contributed by atoms with van der Waals surface area (Å²) in [6.07, 6.45) is 3.14. The molecule has 1 rings (SSSR count). The Bertz CT molecular complexity index is 376. The van der Waals surface area contributed by atoms with Crippen LogP contribution in [0, 0.1) is 5.41 Å². The Morgan fingerprint density at radius 2 is 2.38 bits per heavy atom. The Morgan fingerprint density at radius 3 is 3.00 bits per heavy atom. The first-order valence-electron chi connectivity index (χ1n) is 4.64. The first kappa shape index (κ1) is 11.7. The Hall–Kier alpha value is -2.37. The van der Waals surface area contributed by atoms with Crippen LogP contribution >= 0.6 is 0 Å². The fourth-order valence-electron chi connectivity index (χ4n) is 0.919. The number of hydrogen-bond donors (Lipinski definition) is 4. The second-order valence-corrected chi connectivity index (χ2v) is 2.84. The molecule has 0 radical (unpaired) electrons. The van der Waals surface area contributed by atoms with Crippen LogP contribution in [0.4, 0.5) is 10.6 Å². The van der Waals surface area contributed by atoms with Crippen molar-refractivity contribution in [2.24, 2.45) is 0 Å². The lowest BCUT2D eigenvalue weighted by atomic mass is 10.5. The number of nitrogens with one attached hydrogen (secondary N) is 4. The van der Waals surface area contributed by atoms with Crippen LogP contribution in [0.25, 0.3) is 0 Å². The fraction of sp³-hybridized carbons (Fsp3) is 0.100. The monoisotopic (exact) mass is 219 g/mol. The third kappa shape index (κ3) is 4.23. The molecule has 6 heteroatoms. The van der Waals surface area contributed by atoms with Crippen LogP contribution in [0.1, 0.15) is 0 Å². The molecule has 0 bridgehead atoms. The van der Waals surface area contributed by atoms with Crippen molar-refractivity contribution in [3.05, 3.63) is 37.1 Å². The minimum absolute atomic E-state index is 0.139. The van der Waals surface area contributed by atoms with Crippen LogP contribution in [0.5, 0.6) is 0 Å². The van der Waals surface area contributed by atoms with Gasteiger partial charge in [-0.3, -0.25) is 10.7 Å². The van der Waals surface area contributed by atoms with E-state index in [9.17, 15) is 4.79 Å². The minimum atomic E-state index is -0.465. The molecule has 0 atom stereocenters. The van der Waals surface area contributed by atoms with Crippen LogP contribution in [0.3, 0.4) is 0 Å². The van der Waals surface area contributed by atoms with Crippen LogP contribution in [-0.4, -0.2) is 23.5 Å². The van der Waals surface area contributed by atoms with Crippen molar-refractivity contribution in [2.45, 2.75) is 0 Å². The third-order valence-electron chi connectivity index (χ3n) is 1.56. The summed E-state index contributed by atoms with van der Waals surface area (Å²) >= 11 is 0. The summed E-state index contributed by atoms with van der Waals surface area (Å²) in [6, 6.07) is 4.77. The quantitative estimate of drug-likeness (QED) is 0.346. The molecule has 1 aromatic rings. The average Bonchev–Trinajstić information content (AvgIpc) is 2.27. The number of hydrogen-bond acceptors (Lipinski definition) is 3. The predicted molar refractivity (Wildman–Crippen MR) is 62.3 cm³/mol. The molecule has 0 spiro atoms. The maximum absolute atomic E-state index is 11.1. The number of aromatic nitrogens is 1. The standard InChI is InChI=1S/C10H13N5O/c1-2-6-13-10(16)15-9(11)14-8-5-3-4-7-12-8/h2-5,7H,1,6H2,(H4,11,12,13,14,15,16). The van der Waals surface area contributed by atoms with Crippen molar-refractivity contribution in [3.8, 4) is 0 Å². The number of guanidine groups is 1. The zero-order chi connectivity index (χ0) is 11.8. The second kappa shape index (κ2) is 6.18. The van der Waals surface area contributed by atoms with Gasteiger partial charge in [-0.1, -0.05) is 12.1 Å². The molecule has 1 heterocycles. The van der Waals surface area contributed by atoms with Gasteiger partial charge in [0, 0.05) is 12.7 Å². The largest absolute Gasteiger partial charge is 0.334 e. The van der Waals surface area contributed by atoms with E-state index in [4.69, 9.17) is 5.41 Å². The number of anilines is 1. The molecule has 0 aliphatic rings. The van der Waals surface area contributed by atoms with Crippen LogP contribution in [0.2, 0.25) is 0 Å². The van der Waals surface area contributed by atoms with Crippen LogP contribution < -0.4 is 16.0 Å². The molecule has 0 saturated carbocycles. The summed E-state index contributed by atoms with van der Waals surface area (Å²) in [7, 11) is 0. The summed E-state index contributed by atoms with van der Waals surface area (Å²) < 4.78 is 0. The fourth-order valence-corrected chi connectivity index (χ4v) is 0.919. The number of amides is 2. The van der Waals surface area contributed by atoms with Crippen molar-refractivity contribution < 1.29 is 4.79 Å². The van der Waals surface area contributed by atoms with Gasteiger partial charge in [-0.2, -0.15) is 0 Å². The summed E-state index contributed by atoms with van der Waals surface area (Å²) in [5, 5.41) is 14.8. The maximum atomic E-state index is 11.1. The lowest BCUT2D eigenvalue weighted by molar-refractivity contribution is 0.246. The molecule has 2 amide bonds. The van der Waals surface area contributed by atoms with E-state index in [1.165, 1.54) is 0 Å². The zero-order valence-electron chi connectivity index (χ0n) is 8.66. The summed E-state index contributed by atoms with van der Waals surface area (Å²) in [5.41, 5.74) is 0. The van der Waals surface area contributed by atoms with E-state index in [1.807, 2.05) is 0 Å². The summed E-state index contributed by atoms with van der Waals surface area (Å²) in [5.74, 6) is 0.358. The van der Waals surface area contributed by atoms with Gasteiger partial charge < -0.3 is 10.6 Å². The highest BCUT2D eigenvalue weighted by Crippen LogP contribution is 1.98. The van der Waals surface area contributed by atoms with Crippen molar-refractivity contribution in [3.63, 3.8) is 0 Å². The molecule has 0 fully saturated rings. The van der Waals surface area contributed by atoms with E-state index >= 15 is 0 Å². The molecule has 1 aromatic heterocycles. The highest BCUT2D eigenvalue weighted by molar-refractivity contribution is 6.01. The molecular formula is C10H13N5O. The van der Waals surface area contributed by atoms with E-state index < -0.39 is 6.03 Å². The van der Waals surface area contributed by atoms with Gasteiger partial charge in [0.15, 0.2) is 0 Å². The molecule has 0 unspecified atom stereocenters. The number of urea groups is 1. The number of nitrogens with zero attached hydrogens (tertiary/aromatic N) is 1. The summed E-state index contributed by atoms with van der Waals surface area (Å²) in [4.78, 5) is 15.1. The average molecular weight is 219 g/mol. The van der Waals surface area contributed by atoms with Crippen molar-refractivity contribution in [1.29, 1.82) is 5.41 Å². The first-order valence-corrected chi connectivity index (χ1v) is 4.64. The van der Waals surface area contributed by atoms with E-state index in [0.717, 1.165) is 0 Å². The molecule has 84 valence electrons. The highest BCUT2D eigenvalue weighted by atomic mass is 16.2. The lowest BCUT2D eigenvalue weighted by Crippen LogP contribution is -2.42. The van der Waals surface area contributed by atoms with Gasteiger partial charge in [-0.15, -0.1) is 6.58 Å². The van der Waals surface area contributed by atoms with E-state index in [1.54, 1.807) is 30.5 Å². The van der Waals surface area contributed by atoms with Gasteiger partial charge >= 0.3 is 6.03 Å². The third-order valence-corrected chi connectivity index (χ3v) is 1.56. The predicted octanol–water partition coefficient (Wildman–Crippen LogP) is 0.913. The Kier molecular flexibility index (Phi) is 4.52. The highest BCUT2D eigenvalue weighted by Gasteiger charge is 2.02. The van der Waals surface area contributed by atoms with E-state index in [0.29, 0.717) is 12.4 Å². The Labute approximate surface area is 93.3 Å². The summed E-state index contributed by atoms with van der Waals surface area (Å²) in [6.45, 7) is 3.81. The lowest BCUT2D eigenvalue weighted by Gasteiger charge is -2.08. The molecule has 0 aliphatic carbocycles. The SMILES string of the molecule is C=CCNC(=O)NC(=N)Nc1ccccn1. The first-order chi connectivity index (χ1) is 7.72. The van der Waals surface area contributed by atoms with Gasteiger partial charge in [-0.05, 0) is 12.1 Å². The molecule has 6 nitrogen and oxygen atoms in total. The number of pyridine rings is 1.